The van der Waals surface area contributed by atoms with E-state index in [2.05, 4.69) is 49.1 Å². The molecule has 25 heavy (non-hydrogen) atoms. The smallest absolute Gasteiger partial charge is 0.130 e. The van der Waals surface area contributed by atoms with Crippen LogP contribution in [-0.4, -0.2) is 0 Å². The summed E-state index contributed by atoms with van der Waals surface area (Å²) in [7, 11) is 0. The van der Waals surface area contributed by atoms with Crippen LogP contribution in [0.4, 0.5) is 4.39 Å². The molecule has 3 aromatic carbocycles. The van der Waals surface area contributed by atoms with E-state index in [-0.39, 0.29) is 5.82 Å². The summed E-state index contributed by atoms with van der Waals surface area (Å²) >= 11 is 0. The van der Waals surface area contributed by atoms with Crippen molar-refractivity contribution in [3.63, 3.8) is 0 Å². The van der Waals surface area contributed by atoms with E-state index >= 15 is 0 Å². The van der Waals surface area contributed by atoms with Crippen molar-refractivity contribution >= 4 is 10.8 Å². The Morgan fingerprint density at radius 2 is 1.44 bits per heavy atom. The minimum Gasteiger partial charge on any atom is -0.206 e. The van der Waals surface area contributed by atoms with Gasteiger partial charge in [0.05, 0.1) is 0 Å². The lowest BCUT2D eigenvalue weighted by molar-refractivity contribution is 0.600. The fourth-order valence-electron chi connectivity index (χ4n) is 3.17. The van der Waals surface area contributed by atoms with Gasteiger partial charge < -0.3 is 0 Å². The van der Waals surface area contributed by atoms with Crippen LogP contribution in [0.2, 0.25) is 0 Å². The van der Waals surface area contributed by atoms with Gasteiger partial charge in [-0.1, -0.05) is 50.8 Å². The Balaban J connectivity index is 2.01. The molecule has 0 fully saturated rings. The van der Waals surface area contributed by atoms with Crippen molar-refractivity contribution in [3.05, 3.63) is 82.2 Å². The van der Waals surface area contributed by atoms with E-state index in [1.54, 1.807) is 0 Å². The summed E-state index contributed by atoms with van der Waals surface area (Å²) < 4.78 is 14.5. The number of rotatable bonds is 3. The zero-order chi connectivity index (χ0) is 17.8. The van der Waals surface area contributed by atoms with Gasteiger partial charge in [-0.15, -0.1) is 0 Å². The number of fused-ring (bicyclic) bond motifs is 1. The molecule has 0 amide bonds. The maximum Gasteiger partial charge on any atom is 0.130 e. The van der Waals surface area contributed by atoms with Crippen LogP contribution in [0.1, 0.15) is 48.6 Å². The van der Waals surface area contributed by atoms with Crippen LogP contribution < -0.4 is 0 Å². The van der Waals surface area contributed by atoms with E-state index in [9.17, 15) is 4.39 Å². The molecular weight excluding hydrogens is 307 g/mol. The first-order valence-corrected chi connectivity index (χ1v) is 9.01. The second-order valence-corrected chi connectivity index (χ2v) is 6.27. The van der Waals surface area contributed by atoms with Gasteiger partial charge in [0, 0.05) is 11.1 Å². The van der Waals surface area contributed by atoms with Crippen molar-refractivity contribution in [1.29, 1.82) is 0 Å². The van der Waals surface area contributed by atoms with Crippen LogP contribution in [0.25, 0.3) is 10.8 Å². The summed E-state index contributed by atoms with van der Waals surface area (Å²) in [5.74, 6) is 6.41. The first kappa shape index (κ1) is 17.2. The molecule has 0 aliphatic heterocycles. The Hall–Kier alpha value is -2.59. The molecule has 0 radical (unpaired) electrons. The average Bonchev–Trinajstić information content (AvgIpc) is 2.66. The quantitative estimate of drug-likeness (QED) is 0.512. The van der Waals surface area contributed by atoms with Crippen LogP contribution in [0.5, 0.6) is 0 Å². The minimum atomic E-state index is -0.0488. The summed E-state index contributed by atoms with van der Waals surface area (Å²) in [4.78, 5) is 0. The SMILES string of the molecule is CCc1ccc(C#Cc2ccc3c(CC)c(F)c(CC)cc3c2)cc1. The van der Waals surface area contributed by atoms with Gasteiger partial charge in [0.1, 0.15) is 5.82 Å². The van der Waals surface area contributed by atoms with Gasteiger partial charge in [-0.2, -0.15) is 0 Å². The Bertz CT molecular complexity index is 953. The van der Waals surface area contributed by atoms with Gasteiger partial charge >= 0.3 is 0 Å². The molecule has 3 rings (SSSR count). The van der Waals surface area contributed by atoms with Crippen molar-refractivity contribution in [3.8, 4) is 11.8 Å². The summed E-state index contributed by atoms with van der Waals surface area (Å²) in [6.07, 6.45) is 2.44. The summed E-state index contributed by atoms with van der Waals surface area (Å²) in [6.45, 7) is 6.14. The van der Waals surface area contributed by atoms with E-state index in [4.69, 9.17) is 0 Å². The lowest BCUT2D eigenvalue weighted by Crippen LogP contribution is -1.97. The van der Waals surface area contributed by atoms with Crippen molar-refractivity contribution < 1.29 is 4.39 Å². The van der Waals surface area contributed by atoms with Crippen molar-refractivity contribution in [1.82, 2.24) is 0 Å². The third kappa shape index (κ3) is 3.59. The van der Waals surface area contributed by atoms with Crippen LogP contribution in [0.15, 0.2) is 48.5 Å². The molecule has 126 valence electrons. The van der Waals surface area contributed by atoms with Gasteiger partial charge in [0.15, 0.2) is 0 Å². The van der Waals surface area contributed by atoms with Crippen LogP contribution in [0.3, 0.4) is 0 Å². The van der Waals surface area contributed by atoms with Crippen LogP contribution >= 0.6 is 0 Å². The first-order chi connectivity index (χ1) is 12.2. The second kappa shape index (κ2) is 7.53. The maximum atomic E-state index is 14.5. The number of halogens is 1. The van der Waals surface area contributed by atoms with Crippen molar-refractivity contribution in [2.75, 3.05) is 0 Å². The maximum absolute atomic E-state index is 14.5. The van der Waals surface area contributed by atoms with Crippen molar-refractivity contribution in [2.45, 2.75) is 40.0 Å². The molecule has 1 heteroatoms. The molecule has 0 bridgehead atoms. The molecule has 0 atom stereocenters. The van der Waals surface area contributed by atoms with Gasteiger partial charge in [0.25, 0.3) is 0 Å². The van der Waals surface area contributed by atoms with E-state index in [0.717, 1.165) is 39.4 Å². The molecule has 0 heterocycles. The molecule has 0 saturated carbocycles. The van der Waals surface area contributed by atoms with Crippen LogP contribution in [-0.2, 0) is 19.3 Å². The van der Waals surface area contributed by atoms with Gasteiger partial charge in [-0.25, -0.2) is 4.39 Å². The number of hydrogen-bond acceptors (Lipinski definition) is 0. The third-order valence-electron chi connectivity index (χ3n) is 4.70. The number of hydrogen-bond donors (Lipinski definition) is 0. The summed E-state index contributed by atoms with van der Waals surface area (Å²) in [5.41, 5.74) is 4.88. The summed E-state index contributed by atoms with van der Waals surface area (Å²) in [6, 6.07) is 16.4. The highest BCUT2D eigenvalue weighted by molar-refractivity contribution is 5.88. The molecule has 0 N–H and O–H groups in total. The monoisotopic (exact) mass is 330 g/mol. The topological polar surface area (TPSA) is 0 Å². The number of benzene rings is 3. The summed E-state index contributed by atoms with van der Waals surface area (Å²) in [5, 5.41) is 2.07. The van der Waals surface area contributed by atoms with Gasteiger partial charge in [0.2, 0.25) is 0 Å². The highest BCUT2D eigenvalue weighted by Gasteiger charge is 2.11. The molecule has 0 aliphatic rings. The molecule has 0 unspecified atom stereocenters. The van der Waals surface area contributed by atoms with Gasteiger partial charge in [-0.3, -0.25) is 0 Å². The minimum absolute atomic E-state index is 0.0488. The van der Waals surface area contributed by atoms with E-state index in [0.29, 0.717) is 12.8 Å². The van der Waals surface area contributed by atoms with E-state index < -0.39 is 0 Å². The zero-order valence-electron chi connectivity index (χ0n) is 15.1. The molecule has 0 spiro atoms. The van der Waals surface area contributed by atoms with E-state index in [1.165, 1.54) is 5.56 Å². The standard InChI is InChI=1S/C24H23F/c1-4-17-7-9-18(10-8-17)11-12-19-13-14-23-21(15-19)16-20(5-2)24(25)22(23)6-3/h7-10,13-16H,4-6H2,1-3H3. The molecular formula is C24H23F. The normalized spacial score (nSPS) is 10.6. The lowest BCUT2D eigenvalue weighted by atomic mass is 9.96. The first-order valence-electron chi connectivity index (χ1n) is 9.01. The molecule has 3 aromatic rings. The highest BCUT2D eigenvalue weighted by Crippen LogP contribution is 2.27. The molecule has 0 nitrogen and oxygen atoms in total. The van der Waals surface area contributed by atoms with Crippen molar-refractivity contribution in [2.24, 2.45) is 0 Å². The predicted molar refractivity (Wildman–Crippen MR) is 104 cm³/mol. The molecule has 0 saturated heterocycles. The molecule has 0 aliphatic carbocycles. The number of aryl methyl sites for hydroxylation is 3. The fourth-order valence-corrected chi connectivity index (χ4v) is 3.17. The Labute approximate surface area is 149 Å². The Kier molecular flexibility index (Phi) is 5.19. The van der Waals surface area contributed by atoms with E-state index in [1.807, 2.05) is 32.0 Å². The predicted octanol–water partition coefficient (Wildman–Crippen LogP) is 6.07. The Morgan fingerprint density at radius 1 is 0.760 bits per heavy atom. The highest BCUT2D eigenvalue weighted by atomic mass is 19.1. The lowest BCUT2D eigenvalue weighted by Gasteiger charge is -2.10. The second-order valence-electron chi connectivity index (χ2n) is 6.27. The Morgan fingerprint density at radius 3 is 2.08 bits per heavy atom. The zero-order valence-corrected chi connectivity index (χ0v) is 15.1. The molecule has 0 aromatic heterocycles. The third-order valence-corrected chi connectivity index (χ3v) is 4.70. The van der Waals surface area contributed by atoms with Gasteiger partial charge in [-0.05, 0) is 77.1 Å². The van der Waals surface area contributed by atoms with Crippen LogP contribution in [0, 0.1) is 17.7 Å². The largest absolute Gasteiger partial charge is 0.206 e. The average molecular weight is 330 g/mol. The fraction of sp³-hybridized carbons (Fsp3) is 0.250.